The second-order valence-corrected chi connectivity index (χ2v) is 7.53. The molecular formula is C26H24N2O2. The van der Waals surface area contributed by atoms with Crippen LogP contribution in [0.3, 0.4) is 0 Å². The molecule has 0 fully saturated rings. The maximum atomic E-state index is 13.2. The molecule has 4 nitrogen and oxygen atoms in total. The Kier molecular flexibility index (Phi) is 5.48. The van der Waals surface area contributed by atoms with E-state index < -0.39 is 0 Å². The number of nitrogens with zero attached hydrogens (tertiary/aromatic N) is 1. The summed E-state index contributed by atoms with van der Waals surface area (Å²) in [6, 6.07) is 29.0. The van der Waals surface area contributed by atoms with E-state index in [4.69, 9.17) is 0 Å². The summed E-state index contributed by atoms with van der Waals surface area (Å²) >= 11 is 0. The van der Waals surface area contributed by atoms with Crippen molar-refractivity contribution in [1.29, 1.82) is 0 Å². The third-order valence-corrected chi connectivity index (χ3v) is 5.57. The first kappa shape index (κ1) is 19.6. The molecule has 1 amide bonds. The molecule has 150 valence electrons. The summed E-state index contributed by atoms with van der Waals surface area (Å²) < 4.78 is 1.56. The van der Waals surface area contributed by atoms with Gasteiger partial charge in [0, 0.05) is 30.5 Å². The Bertz CT molecular complexity index is 1190. The number of benzene rings is 3. The topological polar surface area (TPSA) is 51.1 Å². The molecule has 4 rings (SSSR count). The molecule has 1 atom stereocenters. The Morgan fingerprint density at radius 2 is 1.37 bits per heavy atom. The number of fused-ring (bicyclic) bond motifs is 1. The molecule has 4 aromatic rings. The highest BCUT2D eigenvalue weighted by Gasteiger charge is 2.24. The van der Waals surface area contributed by atoms with Crippen molar-refractivity contribution >= 4 is 16.8 Å². The largest absolute Gasteiger partial charge is 0.349 e. The van der Waals surface area contributed by atoms with Crippen molar-refractivity contribution in [3.05, 3.63) is 118 Å². The van der Waals surface area contributed by atoms with Gasteiger partial charge >= 0.3 is 0 Å². The van der Waals surface area contributed by atoms with Crippen LogP contribution in [-0.4, -0.2) is 16.5 Å². The molecule has 0 spiro atoms. The molecule has 3 aromatic carbocycles. The van der Waals surface area contributed by atoms with E-state index in [9.17, 15) is 9.59 Å². The van der Waals surface area contributed by atoms with Crippen molar-refractivity contribution in [2.45, 2.75) is 18.9 Å². The molecule has 0 aliphatic heterocycles. The van der Waals surface area contributed by atoms with Gasteiger partial charge in [-0.3, -0.25) is 9.59 Å². The summed E-state index contributed by atoms with van der Waals surface area (Å²) in [6.07, 6.45) is 0. The van der Waals surface area contributed by atoms with Crippen LogP contribution < -0.4 is 10.9 Å². The van der Waals surface area contributed by atoms with Crippen LogP contribution in [0.2, 0.25) is 0 Å². The summed E-state index contributed by atoms with van der Waals surface area (Å²) in [6.45, 7) is 2.01. The molecule has 0 saturated heterocycles. The van der Waals surface area contributed by atoms with Crippen LogP contribution in [0.5, 0.6) is 0 Å². The molecule has 1 aromatic heterocycles. The third-order valence-electron chi connectivity index (χ3n) is 5.57. The van der Waals surface area contributed by atoms with Crippen LogP contribution in [-0.2, 0) is 7.05 Å². The van der Waals surface area contributed by atoms with E-state index in [0.717, 1.165) is 22.0 Å². The zero-order valence-electron chi connectivity index (χ0n) is 17.1. The number of nitrogens with one attached hydrogen (secondary N) is 1. The number of carbonyl (C=O) groups excluding carboxylic acids is 1. The Hall–Kier alpha value is -3.66. The molecule has 1 unspecified atom stereocenters. The highest BCUT2D eigenvalue weighted by atomic mass is 16.2. The Morgan fingerprint density at radius 1 is 0.833 bits per heavy atom. The van der Waals surface area contributed by atoms with Gasteiger partial charge in [-0.2, -0.15) is 0 Å². The molecule has 0 saturated carbocycles. The normalized spacial score (nSPS) is 12.1. The predicted octanol–water partition coefficient (Wildman–Crippen LogP) is 4.49. The summed E-state index contributed by atoms with van der Waals surface area (Å²) in [7, 11) is 1.72. The van der Waals surface area contributed by atoms with E-state index in [1.165, 1.54) is 6.07 Å². The third kappa shape index (κ3) is 3.77. The van der Waals surface area contributed by atoms with E-state index in [-0.39, 0.29) is 23.4 Å². The summed E-state index contributed by atoms with van der Waals surface area (Å²) in [5.74, 6) is -0.248. The Balaban J connectivity index is 1.71. The minimum absolute atomic E-state index is 0.00541. The van der Waals surface area contributed by atoms with Gasteiger partial charge < -0.3 is 9.88 Å². The quantitative estimate of drug-likeness (QED) is 0.540. The van der Waals surface area contributed by atoms with Crippen molar-refractivity contribution in [2.75, 3.05) is 0 Å². The number of hydrogen-bond donors (Lipinski definition) is 1. The van der Waals surface area contributed by atoms with Crippen molar-refractivity contribution in [3.63, 3.8) is 0 Å². The van der Waals surface area contributed by atoms with Gasteiger partial charge in [-0.05, 0) is 24.1 Å². The highest BCUT2D eigenvalue weighted by molar-refractivity contribution is 6.06. The lowest BCUT2D eigenvalue weighted by atomic mass is 9.85. The molecular weight excluding hydrogens is 372 g/mol. The number of amides is 1. The van der Waals surface area contributed by atoms with Crippen molar-refractivity contribution < 1.29 is 4.79 Å². The lowest BCUT2D eigenvalue weighted by Crippen LogP contribution is -2.38. The van der Waals surface area contributed by atoms with E-state index in [1.54, 1.807) is 11.6 Å². The van der Waals surface area contributed by atoms with Crippen LogP contribution in [0.1, 0.15) is 34.3 Å². The molecule has 1 heterocycles. The SMILES string of the molecule is CC(NC(=O)c1cc(=O)n(C)c2ccccc12)C(c1ccccc1)c1ccccc1. The molecule has 0 aliphatic carbocycles. The number of para-hydroxylation sites is 1. The first-order chi connectivity index (χ1) is 14.6. The maximum Gasteiger partial charge on any atom is 0.252 e. The van der Waals surface area contributed by atoms with E-state index >= 15 is 0 Å². The fraction of sp³-hybridized carbons (Fsp3) is 0.154. The van der Waals surface area contributed by atoms with Gasteiger partial charge in [0.2, 0.25) is 0 Å². The first-order valence-electron chi connectivity index (χ1n) is 10.1. The summed E-state index contributed by atoms with van der Waals surface area (Å²) in [5.41, 5.74) is 3.20. The molecule has 0 aliphatic rings. The van der Waals surface area contributed by atoms with Crippen molar-refractivity contribution in [2.24, 2.45) is 7.05 Å². The monoisotopic (exact) mass is 396 g/mol. The van der Waals surface area contributed by atoms with Gasteiger partial charge in [0.15, 0.2) is 0 Å². The van der Waals surface area contributed by atoms with Crippen LogP contribution in [0.4, 0.5) is 0 Å². The standard InChI is InChI=1S/C26H24N2O2/c1-18(25(19-11-5-3-6-12-19)20-13-7-4-8-14-20)27-26(30)22-17-24(29)28(2)23-16-10-9-15-21(22)23/h3-18,25H,1-2H3,(H,27,30). The Morgan fingerprint density at radius 3 is 1.97 bits per heavy atom. The average molecular weight is 396 g/mol. The first-order valence-corrected chi connectivity index (χ1v) is 10.1. The number of aryl methyl sites for hydroxylation is 1. The van der Waals surface area contributed by atoms with Crippen LogP contribution in [0, 0.1) is 0 Å². The van der Waals surface area contributed by atoms with Gasteiger partial charge in [0.25, 0.3) is 11.5 Å². The minimum Gasteiger partial charge on any atom is -0.349 e. The van der Waals surface area contributed by atoms with Crippen LogP contribution in [0.15, 0.2) is 95.8 Å². The van der Waals surface area contributed by atoms with Gasteiger partial charge in [0.1, 0.15) is 0 Å². The van der Waals surface area contributed by atoms with Gasteiger partial charge in [-0.15, -0.1) is 0 Å². The zero-order valence-corrected chi connectivity index (χ0v) is 17.1. The van der Waals surface area contributed by atoms with E-state index in [1.807, 2.05) is 67.6 Å². The number of rotatable bonds is 5. The zero-order chi connectivity index (χ0) is 21.1. The van der Waals surface area contributed by atoms with Gasteiger partial charge in [0.05, 0.1) is 11.1 Å². The summed E-state index contributed by atoms with van der Waals surface area (Å²) in [4.78, 5) is 25.6. The maximum absolute atomic E-state index is 13.2. The highest BCUT2D eigenvalue weighted by Crippen LogP contribution is 2.28. The number of hydrogen-bond acceptors (Lipinski definition) is 2. The van der Waals surface area contributed by atoms with Gasteiger partial charge in [-0.1, -0.05) is 78.9 Å². The van der Waals surface area contributed by atoms with Crippen molar-refractivity contribution in [1.82, 2.24) is 9.88 Å². The van der Waals surface area contributed by atoms with Crippen LogP contribution >= 0.6 is 0 Å². The van der Waals surface area contributed by atoms with E-state index in [2.05, 4.69) is 29.6 Å². The average Bonchev–Trinajstić information content (AvgIpc) is 2.78. The lowest BCUT2D eigenvalue weighted by Gasteiger charge is -2.26. The smallest absolute Gasteiger partial charge is 0.252 e. The number of pyridine rings is 1. The molecule has 0 radical (unpaired) electrons. The molecule has 30 heavy (non-hydrogen) atoms. The second kappa shape index (κ2) is 8.37. The number of carbonyl (C=O) groups is 1. The fourth-order valence-electron chi connectivity index (χ4n) is 4.06. The van der Waals surface area contributed by atoms with Crippen LogP contribution in [0.25, 0.3) is 10.9 Å². The fourth-order valence-corrected chi connectivity index (χ4v) is 4.06. The molecule has 0 bridgehead atoms. The summed E-state index contributed by atoms with van der Waals surface area (Å²) in [5, 5.41) is 3.91. The number of aromatic nitrogens is 1. The molecule has 1 N–H and O–H groups in total. The Labute approximate surface area is 175 Å². The van der Waals surface area contributed by atoms with Gasteiger partial charge in [-0.25, -0.2) is 0 Å². The molecule has 4 heteroatoms. The second-order valence-electron chi connectivity index (χ2n) is 7.53. The van der Waals surface area contributed by atoms with E-state index in [0.29, 0.717) is 5.56 Å². The minimum atomic E-state index is -0.242. The predicted molar refractivity (Wildman–Crippen MR) is 121 cm³/mol. The van der Waals surface area contributed by atoms with Crippen molar-refractivity contribution in [3.8, 4) is 0 Å². The lowest BCUT2D eigenvalue weighted by molar-refractivity contribution is 0.0938.